The second-order valence-electron chi connectivity index (χ2n) is 2.11. The van der Waals surface area contributed by atoms with Crippen molar-refractivity contribution in [2.24, 2.45) is 5.73 Å². The van der Waals surface area contributed by atoms with Crippen molar-refractivity contribution in [2.75, 3.05) is 18.3 Å². The minimum absolute atomic E-state index is 0.379. The smallest absolute Gasteiger partial charge is 0.225 e. The summed E-state index contributed by atoms with van der Waals surface area (Å²) in [6.07, 6.45) is 1.58. The molecule has 0 aromatic carbocycles. The van der Waals surface area contributed by atoms with Gasteiger partial charge >= 0.3 is 0 Å². The Bertz CT molecular complexity index is 181. The molecule has 11 heavy (non-hydrogen) atoms. The third-order valence-corrected chi connectivity index (χ3v) is 2.89. The highest BCUT2D eigenvalue weighted by atomic mass is 35.5. The zero-order valence-corrected chi connectivity index (χ0v) is 7.79. The Morgan fingerprint density at radius 1 is 1.36 bits per heavy atom. The topological polar surface area (TPSA) is 72.2 Å². The summed E-state index contributed by atoms with van der Waals surface area (Å²) in [6.45, 7) is 1.01. The molecule has 0 spiro atoms. The fourth-order valence-corrected chi connectivity index (χ4v) is 1.30. The summed E-state index contributed by atoms with van der Waals surface area (Å²) in [5.74, 6) is 0. The first-order valence-electron chi connectivity index (χ1n) is 3.36. The van der Waals surface area contributed by atoms with Crippen molar-refractivity contribution in [3.8, 4) is 0 Å². The van der Waals surface area contributed by atoms with E-state index in [-0.39, 0.29) is 5.21 Å². The average molecular weight is 201 g/mol. The van der Waals surface area contributed by atoms with E-state index in [1.807, 2.05) is 0 Å². The summed E-state index contributed by atoms with van der Waals surface area (Å²) in [7, 11) is -3.23. The summed E-state index contributed by atoms with van der Waals surface area (Å²) < 4.78 is 23.7. The van der Waals surface area contributed by atoms with E-state index in [1.54, 1.807) is 0 Å². The number of sulfonamides is 1. The van der Waals surface area contributed by atoms with Gasteiger partial charge in [0, 0.05) is 6.54 Å². The standard InChI is InChI=1S/C5H13ClN2O2S/c6-5-11(9,10)8-4-2-1-3-7/h8H,1-5,7H2. The van der Waals surface area contributed by atoms with Crippen LogP contribution in [0.1, 0.15) is 12.8 Å². The van der Waals surface area contributed by atoms with Crippen molar-refractivity contribution >= 4 is 21.6 Å². The number of nitrogens with two attached hydrogens (primary N) is 1. The summed E-state index contributed by atoms with van der Waals surface area (Å²) in [4.78, 5) is 0. The first-order valence-corrected chi connectivity index (χ1v) is 5.54. The third-order valence-electron chi connectivity index (χ3n) is 1.10. The lowest BCUT2D eigenvalue weighted by Crippen LogP contribution is -2.25. The van der Waals surface area contributed by atoms with Gasteiger partial charge in [-0.15, -0.1) is 11.6 Å². The van der Waals surface area contributed by atoms with E-state index in [0.29, 0.717) is 13.1 Å². The minimum Gasteiger partial charge on any atom is -0.330 e. The van der Waals surface area contributed by atoms with Crippen LogP contribution >= 0.6 is 11.6 Å². The molecule has 0 aromatic heterocycles. The molecule has 0 saturated carbocycles. The van der Waals surface area contributed by atoms with Crippen molar-refractivity contribution < 1.29 is 8.42 Å². The molecular formula is C5H13ClN2O2S. The predicted octanol–water partition coefficient (Wildman–Crippen LogP) is -0.159. The largest absolute Gasteiger partial charge is 0.330 e. The lowest BCUT2D eigenvalue weighted by Gasteiger charge is -2.01. The van der Waals surface area contributed by atoms with Gasteiger partial charge in [-0.2, -0.15) is 0 Å². The lowest BCUT2D eigenvalue weighted by molar-refractivity contribution is 0.582. The van der Waals surface area contributed by atoms with Crippen molar-refractivity contribution in [3.05, 3.63) is 0 Å². The zero-order chi connectivity index (χ0) is 8.74. The van der Waals surface area contributed by atoms with E-state index in [9.17, 15) is 8.42 Å². The van der Waals surface area contributed by atoms with Crippen LogP contribution in [0, 0.1) is 0 Å². The predicted molar refractivity (Wildman–Crippen MR) is 45.9 cm³/mol. The maximum absolute atomic E-state index is 10.7. The first kappa shape index (κ1) is 11.2. The van der Waals surface area contributed by atoms with Gasteiger partial charge in [0.2, 0.25) is 10.0 Å². The Labute approximate surface area is 72.2 Å². The molecular weight excluding hydrogens is 188 g/mol. The highest BCUT2D eigenvalue weighted by Gasteiger charge is 2.04. The van der Waals surface area contributed by atoms with E-state index < -0.39 is 10.0 Å². The average Bonchev–Trinajstić information content (AvgIpc) is 1.99. The quantitative estimate of drug-likeness (QED) is 0.463. The maximum atomic E-state index is 10.7. The van der Waals surface area contributed by atoms with Gasteiger partial charge in [0.25, 0.3) is 0 Å². The Kier molecular flexibility index (Phi) is 5.85. The number of halogens is 1. The van der Waals surface area contributed by atoms with Crippen LogP contribution in [0.3, 0.4) is 0 Å². The van der Waals surface area contributed by atoms with Crippen LogP contribution in [0.25, 0.3) is 0 Å². The van der Waals surface area contributed by atoms with Gasteiger partial charge in [-0.25, -0.2) is 13.1 Å². The molecule has 0 saturated heterocycles. The molecule has 0 atom stereocenters. The van der Waals surface area contributed by atoms with Gasteiger partial charge in [0.1, 0.15) is 5.21 Å². The maximum Gasteiger partial charge on any atom is 0.225 e. The molecule has 0 aliphatic heterocycles. The highest BCUT2D eigenvalue weighted by molar-refractivity contribution is 7.90. The van der Waals surface area contributed by atoms with Crippen LogP contribution < -0.4 is 10.5 Å². The van der Waals surface area contributed by atoms with Gasteiger partial charge < -0.3 is 5.73 Å². The molecule has 4 nitrogen and oxygen atoms in total. The van der Waals surface area contributed by atoms with Gasteiger partial charge in [0.15, 0.2) is 0 Å². The van der Waals surface area contributed by atoms with E-state index in [1.165, 1.54) is 0 Å². The summed E-state index contributed by atoms with van der Waals surface area (Å²) in [5.41, 5.74) is 5.21. The summed E-state index contributed by atoms with van der Waals surface area (Å²) in [6, 6.07) is 0. The van der Waals surface area contributed by atoms with Crippen molar-refractivity contribution in [3.63, 3.8) is 0 Å². The Morgan fingerprint density at radius 3 is 2.45 bits per heavy atom. The molecule has 0 rings (SSSR count). The van der Waals surface area contributed by atoms with Crippen molar-refractivity contribution in [1.82, 2.24) is 4.72 Å². The molecule has 0 bridgehead atoms. The Balaban J connectivity index is 3.39. The SMILES string of the molecule is NCCCCNS(=O)(=O)CCl. The van der Waals surface area contributed by atoms with E-state index in [4.69, 9.17) is 17.3 Å². The Morgan fingerprint density at radius 2 is 2.00 bits per heavy atom. The number of hydrogen-bond acceptors (Lipinski definition) is 3. The molecule has 6 heteroatoms. The molecule has 0 aromatic rings. The zero-order valence-electron chi connectivity index (χ0n) is 6.22. The molecule has 0 fully saturated rings. The van der Waals surface area contributed by atoms with Gasteiger partial charge in [-0.3, -0.25) is 0 Å². The van der Waals surface area contributed by atoms with Gasteiger partial charge in [0.05, 0.1) is 0 Å². The monoisotopic (exact) mass is 200 g/mol. The van der Waals surface area contributed by atoms with Crippen molar-refractivity contribution in [1.29, 1.82) is 0 Å². The number of nitrogens with one attached hydrogen (secondary N) is 1. The van der Waals surface area contributed by atoms with Crippen LogP contribution in [-0.4, -0.2) is 26.7 Å². The fourth-order valence-electron chi connectivity index (χ4n) is 0.536. The molecule has 0 radical (unpaired) electrons. The number of unbranched alkanes of at least 4 members (excludes halogenated alkanes) is 1. The molecule has 0 amide bonds. The van der Waals surface area contributed by atoms with E-state index >= 15 is 0 Å². The van der Waals surface area contributed by atoms with Crippen LogP contribution in [0.2, 0.25) is 0 Å². The van der Waals surface area contributed by atoms with Crippen LogP contribution in [-0.2, 0) is 10.0 Å². The molecule has 0 heterocycles. The second-order valence-corrected chi connectivity index (χ2v) is 4.51. The third kappa shape index (κ3) is 6.55. The van der Waals surface area contributed by atoms with Gasteiger partial charge in [-0.05, 0) is 19.4 Å². The van der Waals surface area contributed by atoms with Gasteiger partial charge in [-0.1, -0.05) is 0 Å². The molecule has 0 aliphatic carbocycles. The minimum atomic E-state index is -3.23. The highest BCUT2D eigenvalue weighted by Crippen LogP contribution is 1.89. The van der Waals surface area contributed by atoms with Crippen LogP contribution in [0.5, 0.6) is 0 Å². The number of alkyl halides is 1. The summed E-state index contributed by atoms with van der Waals surface area (Å²) in [5, 5.41) is -0.379. The van der Waals surface area contributed by atoms with E-state index in [2.05, 4.69) is 4.72 Å². The lowest BCUT2D eigenvalue weighted by atomic mass is 10.3. The molecule has 68 valence electrons. The summed E-state index contributed by atoms with van der Waals surface area (Å²) >= 11 is 5.13. The van der Waals surface area contributed by atoms with Crippen LogP contribution in [0.4, 0.5) is 0 Å². The molecule has 3 N–H and O–H groups in total. The van der Waals surface area contributed by atoms with E-state index in [0.717, 1.165) is 12.8 Å². The van der Waals surface area contributed by atoms with Crippen LogP contribution in [0.15, 0.2) is 0 Å². The molecule has 0 aliphatic rings. The fraction of sp³-hybridized carbons (Fsp3) is 1.00. The number of rotatable bonds is 6. The normalized spacial score (nSPS) is 11.8. The second kappa shape index (κ2) is 5.77. The molecule has 0 unspecified atom stereocenters. The first-order chi connectivity index (χ1) is 5.12. The Hall–Kier alpha value is 0.160. The van der Waals surface area contributed by atoms with Crippen molar-refractivity contribution in [2.45, 2.75) is 12.8 Å². The number of hydrogen-bond donors (Lipinski definition) is 2.